The summed E-state index contributed by atoms with van der Waals surface area (Å²) >= 11 is 0. The maximum atomic E-state index is 2.44. The second-order valence-electron chi connectivity index (χ2n) is 6.47. The molecule has 0 amide bonds. The van der Waals surface area contributed by atoms with Gasteiger partial charge in [0.2, 0.25) is 5.69 Å². The minimum absolute atomic E-state index is 0.275. The monoisotopic (exact) mass is 296 g/mol. The first-order chi connectivity index (χ1) is 10.5. The van der Waals surface area contributed by atoms with Crippen molar-refractivity contribution in [2.75, 3.05) is 0 Å². The molecular weight excluding hydrogens is 266 g/mol. The summed E-state index contributed by atoms with van der Waals surface area (Å²) in [5.74, 6) is 0. The number of rotatable bonds is 5. The molecule has 2 rings (SSSR count). The van der Waals surface area contributed by atoms with Gasteiger partial charge in [-0.15, -0.1) is 0 Å². The maximum absolute atomic E-state index is 2.44. The molecule has 0 N–H and O–H groups in total. The van der Waals surface area contributed by atoms with Crippen molar-refractivity contribution in [1.82, 2.24) is 0 Å². The van der Waals surface area contributed by atoms with Crippen LogP contribution in [0.15, 0.2) is 36.4 Å². The summed E-state index contributed by atoms with van der Waals surface area (Å²) in [4.78, 5) is 0. The molecule has 1 heteroatoms. The number of nitrogens with zero attached hydrogens (tertiary/aromatic N) is 1. The zero-order valence-corrected chi connectivity index (χ0v) is 15.0. The molecule has 118 valence electrons. The van der Waals surface area contributed by atoms with Crippen molar-refractivity contribution in [2.45, 2.75) is 59.3 Å². The van der Waals surface area contributed by atoms with E-state index in [-0.39, 0.29) is 5.41 Å². The third-order valence-corrected chi connectivity index (χ3v) is 5.52. The van der Waals surface area contributed by atoms with Gasteiger partial charge in [0.25, 0.3) is 0 Å². The van der Waals surface area contributed by atoms with E-state index in [9.17, 15) is 0 Å². The van der Waals surface area contributed by atoms with Crippen molar-refractivity contribution in [3.05, 3.63) is 53.2 Å². The van der Waals surface area contributed by atoms with Crippen LogP contribution in [0.1, 0.15) is 56.9 Å². The highest BCUT2D eigenvalue weighted by Crippen LogP contribution is 2.35. The highest BCUT2D eigenvalue weighted by molar-refractivity contribution is 5.61. The molecule has 0 bridgehead atoms. The van der Waals surface area contributed by atoms with Crippen LogP contribution in [0.5, 0.6) is 0 Å². The lowest BCUT2D eigenvalue weighted by Gasteiger charge is -2.29. The predicted octanol–water partition coefficient (Wildman–Crippen LogP) is 5.26. The second kappa shape index (κ2) is 6.64. The normalized spacial score (nSPS) is 11.7. The summed E-state index contributed by atoms with van der Waals surface area (Å²) in [6.45, 7) is 11.4. The molecule has 0 spiro atoms. The average Bonchev–Trinajstić information content (AvgIpc) is 2.53. The summed E-state index contributed by atoms with van der Waals surface area (Å²) in [5, 5.41) is 0. The van der Waals surface area contributed by atoms with Crippen LogP contribution in [-0.2, 0) is 12.5 Å². The third kappa shape index (κ3) is 2.69. The van der Waals surface area contributed by atoms with Crippen LogP contribution in [0.3, 0.4) is 0 Å². The van der Waals surface area contributed by atoms with E-state index in [2.05, 4.69) is 82.6 Å². The van der Waals surface area contributed by atoms with E-state index in [0.29, 0.717) is 0 Å². The fourth-order valence-electron chi connectivity index (χ4n) is 3.94. The lowest BCUT2D eigenvalue weighted by molar-refractivity contribution is -0.672. The molecule has 0 aliphatic carbocycles. The molecule has 0 aliphatic heterocycles. The number of aromatic nitrogens is 1. The Morgan fingerprint density at radius 1 is 0.818 bits per heavy atom. The van der Waals surface area contributed by atoms with Gasteiger partial charge in [-0.25, -0.2) is 0 Å². The first kappa shape index (κ1) is 16.7. The first-order valence-electron chi connectivity index (χ1n) is 8.56. The summed E-state index contributed by atoms with van der Waals surface area (Å²) in [6, 6.07) is 13.2. The summed E-state index contributed by atoms with van der Waals surface area (Å²) in [7, 11) is 2.24. The van der Waals surface area contributed by atoms with E-state index in [0.717, 1.165) is 0 Å². The predicted molar refractivity (Wildman–Crippen MR) is 95.1 cm³/mol. The molecule has 1 nitrogen and oxygen atoms in total. The van der Waals surface area contributed by atoms with Gasteiger partial charge in [0.15, 0.2) is 5.69 Å². The van der Waals surface area contributed by atoms with Gasteiger partial charge < -0.3 is 0 Å². The van der Waals surface area contributed by atoms with E-state index in [4.69, 9.17) is 0 Å². The van der Waals surface area contributed by atoms with Crippen molar-refractivity contribution in [1.29, 1.82) is 0 Å². The Hall–Kier alpha value is -1.63. The maximum Gasteiger partial charge on any atom is 0.212 e. The number of aryl methyl sites for hydroxylation is 2. The molecule has 1 aromatic carbocycles. The van der Waals surface area contributed by atoms with Gasteiger partial charge in [-0.05, 0) is 50.8 Å². The molecule has 1 aromatic heterocycles. The zero-order chi connectivity index (χ0) is 16.3. The fourth-order valence-corrected chi connectivity index (χ4v) is 3.94. The van der Waals surface area contributed by atoms with Crippen molar-refractivity contribution in [2.24, 2.45) is 7.05 Å². The lowest BCUT2D eigenvalue weighted by atomic mass is 9.74. The molecule has 2 aromatic rings. The number of benzene rings is 1. The van der Waals surface area contributed by atoms with E-state index in [1.807, 2.05) is 0 Å². The van der Waals surface area contributed by atoms with Crippen molar-refractivity contribution < 1.29 is 4.57 Å². The molecule has 0 saturated heterocycles. The standard InChI is InChI=1S/C21H30N/c1-7-21(8-2,9-3)20-17(5)14-15-19(22(20)6)18-13-11-10-12-16(18)4/h10-15H,7-9H2,1-6H3/q+1. The van der Waals surface area contributed by atoms with Crippen LogP contribution < -0.4 is 4.57 Å². The minimum Gasteiger partial charge on any atom is -0.198 e. The Kier molecular flexibility index (Phi) is 5.05. The van der Waals surface area contributed by atoms with E-state index < -0.39 is 0 Å². The SMILES string of the molecule is CCC(CC)(CC)c1c(C)ccc(-c2ccccc2C)[n+]1C. The van der Waals surface area contributed by atoms with E-state index >= 15 is 0 Å². The Morgan fingerprint density at radius 2 is 1.41 bits per heavy atom. The lowest BCUT2D eigenvalue weighted by Crippen LogP contribution is -2.45. The van der Waals surface area contributed by atoms with E-state index in [1.54, 1.807) is 0 Å². The molecule has 0 aliphatic rings. The molecule has 0 saturated carbocycles. The van der Waals surface area contributed by atoms with Crippen LogP contribution in [0.25, 0.3) is 11.3 Å². The molecule has 22 heavy (non-hydrogen) atoms. The highest BCUT2D eigenvalue weighted by atomic mass is 15.0. The smallest absolute Gasteiger partial charge is 0.198 e. The van der Waals surface area contributed by atoms with Gasteiger partial charge in [-0.1, -0.05) is 39.0 Å². The zero-order valence-electron chi connectivity index (χ0n) is 15.0. The van der Waals surface area contributed by atoms with Gasteiger partial charge in [0.1, 0.15) is 7.05 Å². The fraction of sp³-hybridized carbons (Fsp3) is 0.476. The number of hydrogen-bond donors (Lipinski definition) is 0. The Labute approximate surface area is 136 Å². The Morgan fingerprint density at radius 3 is 1.95 bits per heavy atom. The van der Waals surface area contributed by atoms with Crippen LogP contribution >= 0.6 is 0 Å². The van der Waals surface area contributed by atoms with Gasteiger partial charge in [0.05, 0.1) is 5.41 Å². The van der Waals surface area contributed by atoms with Crippen molar-refractivity contribution in [3.63, 3.8) is 0 Å². The van der Waals surface area contributed by atoms with Crippen molar-refractivity contribution in [3.8, 4) is 11.3 Å². The molecule has 0 unspecified atom stereocenters. The van der Waals surface area contributed by atoms with Gasteiger partial charge in [-0.2, -0.15) is 4.57 Å². The van der Waals surface area contributed by atoms with Gasteiger partial charge in [0, 0.05) is 17.2 Å². The van der Waals surface area contributed by atoms with Crippen LogP contribution in [0.4, 0.5) is 0 Å². The highest BCUT2D eigenvalue weighted by Gasteiger charge is 2.36. The minimum atomic E-state index is 0.275. The first-order valence-corrected chi connectivity index (χ1v) is 8.56. The summed E-state index contributed by atoms with van der Waals surface area (Å²) in [6.07, 6.45) is 3.56. The summed E-state index contributed by atoms with van der Waals surface area (Å²) in [5.41, 5.74) is 7.17. The third-order valence-electron chi connectivity index (χ3n) is 5.52. The van der Waals surface area contributed by atoms with Crippen LogP contribution in [-0.4, -0.2) is 0 Å². The second-order valence-corrected chi connectivity index (χ2v) is 6.47. The van der Waals surface area contributed by atoms with Crippen molar-refractivity contribution >= 4 is 0 Å². The van der Waals surface area contributed by atoms with Gasteiger partial charge >= 0.3 is 0 Å². The summed E-state index contributed by atoms with van der Waals surface area (Å²) < 4.78 is 2.44. The molecule has 0 radical (unpaired) electrons. The van der Waals surface area contributed by atoms with Crippen LogP contribution in [0, 0.1) is 13.8 Å². The largest absolute Gasteiger partial charge is 0.212 e. The number of pyridine rings is 1. The van der Waals surface area contributed by atoms with Gasteiger partial charge in [-0.3, -0.25) is 0 Å². The topological polar surface area (TPSA) is 3.88 Å². The molecule has 1 heterocycles. The number of hydrogen-bond acceptors (Lipinski definition) is 0. The Balaban J connectivity index is 2.73. The average molecular weight is 296 g/mol. The van der Waals surface area contributed by atoms with E-state index in [1.165, 1.54) is 47.3 Å². The van der Waals surface area contributed by atoms with Crippen LogP contribution in [0.2, 0.25) is 0 Å². The molecule has 0 fully saturated rings. The Bertz CT molecular complexity index is 643. The quantitative estimate of drug-likeness (QED) is 0.662. The molecule has 0 atom stereocenters. The molecular formula is C21H30N+.